The average Bonchev–Trinajstić information content (AvgIpc) is 3.36. The molecule has 0 aliphatic carbocycles. The summed E-state index contributed by atoms with van der Waals surface area (Å²) < 4.78 is 0. The number of rotatable bonds is 9. The highest BCUT2D eigenvalue weighted by Crippen LogP contribution is 2.37. The maximum absolute atomic E-state index is 13.8. The molecule has 2 aromatic rings. The summed E-state index contributed by atoms with van der Waals surface area (Å²) in [4.78, 5) is 49.2. The zero-order chi connectivity index (χ0) is 25.0. The summed E-state index contributed by atoms with van der Waals surface area (Å²) in [6.45, 7) is 4.10. The van der Waals surface area contributed by atoms with Gasteiger partial charge in [0.05, 0.1) is 17.1 Å². The van der Waals surface area contributed by atoms with Gasteiger partial charge in [-0.1, -0.05) is 30.3 Å². The van der Waals surface area contributed by atoms with Crippen LogP contribution in [0.4, 0.5) is 4.79 Å². The van der Waals surface area contributed by atoms with Crippen molar-refractivity contribution in [2.24, 2.45) is 5.92 Å². The first-order valence-electron chi connectivity index (χ1n) is 12.3. The number of amides is 4. The Morgan fingerprint density at radius 3 is 2.54 bits per heavy atom. The largest absolute Gasteiger partial charge is 0.342 e. The molecule has 0 radical (unpaired) electrons. The number of aromatic nitrogens is 1. The van der Waals surface area contributed by atoms with Gasteiger partial charge < -0.3 is 15.1 Å². The van der Waals surface area contributed by atoms with Gasteiger partial charge in [-0.15, -0.1) is 11.3 Å². The van der Waals surface area contributed by atoms with Crippen LogP contribution in [-0.2, 0) is 22.4 Å². The molecule has 4 rings (SSSR count). The molecule has 1 aromatic carbocycles. The number of urea groups is 1. The second-order valence-electron chi connectivity index (χ2n) is 9.84. The number of imide groups is 1. The molecule has 0 bridgehead atoms. The first kappa shape index (κ1) is 25.3. The van der Waals surface area contributed by atoms with Crippen LogP contribution in [0.3, 0.4) is 0 Å². The van der Waals surface area contributed by atoms with Gasteiger partial charge in [0.1, 0.15) is 5.54 Å². The third-order valence-electron chi connectivity index (χ3n) is 7.17. The van der Waals surface area contributed by atoms with Gasteiger partial charge in [0.15, 0.2) is 0 Å². The number of thiazole rings is 1. The predicted molar refractivity (Wildman–Crippen MR) is 136 cm³/mol. The SMILES string of the molecule is Cc1nc(CC(=O)N2CCC([C@@]3(CCc4ccccc4)NC(=O)N(CCN(C)C)C3=O)CC2)cs1. The third-order valence-corrected chi connectivity index (χ3v) is 7.99. The van der Waals surface area contributed by atoms with Gasteiger partial charge in [0.2, 0.25) is 5.91 Å². The number of hydrogen-bond acceptors (Lipinski definition) is 6. The minimum atomic E-state index is -0.930. The fourth-order valence-electron chi connectivity index (χ4n) is 5.16. The minimum absolute atomic E-state index is 0.0161. The standard InChI is InChI=1S/C26H35N5O3S/c1-19-27-22(18-35-19)17-23(32)30-13-10-21(11-14-30)26(12-9-20-7-5-4-6-8-20)24(33)31(25(34)28-26)16-15-29(2)3/h4-8,18,21H,9-17H2,1-3H3,(H,28,34)/t26-/m1/s1. The number of hydrogen-bond donors (Lipinski definition) is 1. The Bertz CT molecular complexity index is 1050. The van der Waals surface area contributed by atoms with Gasteiger partial charge in [-0.3, -0.25) is 14.5 Å². The molecule has 9 heteroatoms. The van der Waals surface area contributed by atoms with E-state index in [9.17, 15) is 14.4 Å². The number of nitrogens with one attached hydrogen (secondary N) is 1. The highest BCUT2D eigenvalue weighted by atomic mass is 32.1. The van der Waals surface area contributed by atoms with Gasteiger partial charge in [-0.2, -0.15) is 0 Å². The average molecular weight is 498 g/mol. The van der Waals surface area contributed by atoms with Crippen molar-refractivity contribution in [3.8, 4) is 0 Å². The molecule has 0 unspecified atom stereocenters. The molecule has 2 aliphatic rings. The number of likely N-dealkylation sites (tertiary alicyclic amines) is 1. The monoisotopic (exact) mass is 497 g/mol. The van der Waals surface area contributed by atoms with E-state index in [1.165, 1.54) is 4.90 Å². The van der Waals surface area contributed by atoms with Crippen molar-refractivity contribution < 1.29 is 14.4 Å². The zero-order valence-electron chi connectivity index (χ0n) is 20.8. The second kappa shape index (κ2) is 10.9. The van der Waals surface area contributed by atoms with Crippen LogP contribution in [0.25, 0.3) is 0 Å². The summed E-state index contributed by atoms with van der Waals surface area (Å²) in [5, 5.41) is 6.02. The molecule has 35 heavy (non-hydrogen) atoms. The van der Waals surface area contributed by atoms with Crippen LogP contribution in [0.15, 0.2) is 35.7 Å². The summed E-state index contributed by atoms with van der Waals surface area (Å²) in [5.41, 5.74) is 1.03. The lowest BCUT2D eigenvalue weighted by atomic mass is 9.74. The molecule has 1 N–H and O–H groups in total. The number of likely N-dealkylation sites (N-methyl/N-ethyl adjacent to an activating group) is 1. The van der Waals surface area contributed by atoms with Crippen molar-refractivity contribution in [3.05, 3.63) is 52.0 Å². The number of benzene rings is 1. The number of piperidine rings is 1. The first-order valence-corrected chi connectivity index (χ1v) is 13.2. The Labute approximate surface area is 211 Å². The van der Waals surface area contributed by atoms with E-state index in [0.717, 1.165) is 16.3 Å². The van der Waals surface area contributed by atoms with Crippen LogP contribution in [0.1, 0.15) is 35.5 Å². The zero-order valence-corrected chi connectivity index (χ0v) is 21.6. The van der Waals surface area contributed by atoms with E-state index in [-0.39, 0.29) is 23.8 Å². The first-order chi connectivity index (χ1) is 16.8. The molecule has 1 atom stereocenters. The predicted octanol–water partition coefficient (Wildman–Crippen LogP) is 2.72. The Hall–Kier alpha value is -2.78. The normalized spacial score (nSPS) is 21.1. The van der Waals surface area contributed by atoms with Crippen LogP contribution >= 0.6 is 11.3 Å². The van der Waals surface area contributed by atoms with Crippen molar-refractivity contribution in [2.75, 3.05) is 40.3 Å². The van der Waals surface area contributed by atoms with Gasteiger partial charge >= 0.3 is 6.03 Å². The lowest BCUT2D eigenvalue weighted by molar-refractivity contribution is -0.136. The van der Waals surface area contributed by atoms with E-state index in [4.69, 9.17) is 0 Å². The van der Waals surface area contributed by atoms with Gasteiger partial charge in [-0.25, -0.2) is 9.78 Å². The van der Waals surface area contributed by atoms with E-state index in [2.05, 4.69) is 22.4 Å². The number of carbonyl (C=O) groups excluding carboxylic acids is 3. The molecular weight excluding hydrogens is 462 g/mol. The van der Waals surface area contributed by atoms with E-state index < -0.39 is 5.54 Å². The summed E-state index contributed by atoms with van der Waals surface area (Å²) in [5.74, 6) is -0.0675. The highest BCUT2D eigenvalue weighted by molar-refractivity contribution is 7.09. The molecule has 0 saturated carbocycles. The minimum Gasteiger partial charge on any atom is -0.342 e. The maximum Gasteiger partial charge on any atom is 0.325 e. The van der Waals surface area contributed by atoms with Crippen LogP contribution in [0.2, 0.25) is 0 Å². The van der Waals surface area contributed by atoms with Gasteiger partial charge in [0.25, 0.3) is 5.91 Å². The number of carbonyl (C=O) groups is 3. The number of nitrogens with zero attached hydrogens (tertiary/aromatic N) is 4. The van der Waals surface area contributed by atoms with Crippen LogP contribution in [0, 0.1) is 12.8 Å². The van der Waals surface area contributed by atoms with Crippen LogP contribution in [0.5, 0.6) is 0 Å². The Balaban J connectivity index is 1.47. The molecule has 2 saturated heterocycles. The Kier molecular flexibility index (Phi) is 7.86. The molecule has 0 spiro atoms. The van der Waals surface area contributed by atoms with Gasteiger partial charge in [0, 0.05) is 31.6 Å². The van der Waals surface area contributed by atoms with E-state index >= 15 is 0 Å². The smallest absolute Gasteiger partial charge is 0.325 e. The summed E-state index contributed by atoms with van der Waals surface area (Å²) in [6, 6.07) is 9.77. The molecule has 4 amide bonds. The molecule has 188 valence electrons. The number of aryl methyl sites for hydroxylation is 2. The van der Waals surface area contributed by atoms with Crippen molar-refractivity contribution in [1.82, 2.24) is 25.0 Å². The molecule has 2 fully saturated rings. The molecule has 3 heterocycles. The molecule has 8 nitrogen and oxygen atoms in total. The Morgan fingerprint density at radius 2 is 1.91 bits per heavy atom. The van der Waals surface area contributed by atoms with Crippen LogP contribution < -0.4 is 5.32 Å². The van der Waals surface area contributed by atoms with E-state index in [1.54, 1.807) is 11.3 Å². The second-order valence-corrected chi connectivity index (χ2v) is 10.9. The summed E-state index contributed by atoms with van der Waals surface area (Å²) in [7, 11) is 3.86. The van der Waals surface area contributed by atoms with Crippen molar-refractivity contribution >= 4 is 29.2 Å². The van der Waals surface area contributed by atoms with Crippen molar-refractivity contribution in [1.29, 1.82) is 0 Å². The molecular formula is C26H35N5O3S. The highest BCUT2D eigenvalue weighted by Gasteiger charge is 2.55. The van der Waals surface area contributed by atoms with Crippen molar-refractivity contribution in [2.45, 2.75) is 44.6 Å². The maximum atomic E-state index is 13.8. The Morgan fingerprint density at radius 1 is 1.20 bits per heavy atom. The summed E-state index contributed by atoms with van der Waals surface area (Å²) >= 11 is 1.55. The van der Waals surface area contributed by atoms with Crippen molar-refractivity contribution in [3.63, 3.8) is 0 Å². The summed E-state index contributed by atoms with van der Waals surface area (Å²) in [6.07, 6.45) is 2.93. The van der Waals surface area contributed by atoms with Crippen LogP contribution in [-0.4, -0.2) is 83.3 Å². The fraction of sp³-hybridized carbons (Fsp3) is 0.538. The molecule has 2 aliphatic heterocycles. The topological polar surface area (TPSA) is 85.8 Å². The van der Waals surface area contributed by atoms with E-state index in [0.29, 0.717) is 58.3 Å². The molecule has 1 aromatic heterocycles. The fourth-order valence-corrected chi connectivity index (χ4v) is 5.77. The lowest BCUT2D eigenvalue weighted by Gasteiger charge is -2.41. The third kappa shape index (κ3) is 5.73. The lowest BCUT2D eigenvalue weighted by Crippen LogP contribution is -2.57. The van der Waals surface area contributed by atoms with E-state index in [1.807, 2.05) is 54.4 Å². The van der Waals surface area contributed by atoms with Gasteiger partial charge in [-0.05, 0) is 58.2 Å². The quantitative estimate of drug-likeness (QED) is 0.539.